The average Bonchev–Trinajstić information content (AvgIpc) is 2.95. The van der Waals surface area contributed by atoms with Gasteiger partial charge in [0.15, 0.2) is 5.65 Å². The summed E-state index contributed by atoms with van der Waals surface area (Å²) in [5.74, 6) is 0.248. The van der Waals surface area contributed by atoms with Gasteiger partial charge in [-0.1, -0.05) is 12.1 Å². The Morgan fingerprint density at radius 2 is 2.19 bits per heavy atom. The van der Waals surface area contributed by atoms with Crippen molar-refractivity contribution in [3.05, 3.63) is 52.9 Å². The zero-order chi connectivity index (χ0) is 14.8. The predicted molar refractivity (Wildman–Crippen MR) is 81.6 cm³/mol. The molecule has 0 unspecified atom stereocenters. The van der Waals surface area contributed by atoms with Gasteiger partial charge in [0.25, 0.3) is 5.91 Å². The first-order chi connectivity index (χ1) is 10.2. The van der Waals surface area contributed by atoms with Gasteiger partial charge in [0, 0.05) is 10.7 Å². The number of rotatable bonds is 3. The first-order valence-electron chi connectivity index (χ1n) is 6.12. The topological polar surface area (TPSA) is 68.5 Å². The molecule has 0 aliphatic rings. The number of nitrogens with zero attached hydrogens (tertiary/aromatic N) is 3. The zero-order valence-electron chi connectivity index (χ0n) is 11.1. The van der Waals surface area contributed by atoms with E-state index in [1.165, 1.54) is 7.11 Å². The Bertz CT molecular complexity index is 816. The Labute approximate surface area is 128 Å². The van der Waals surface area contributed by atoms with Crippen molar-refractivity contribution in [1.29, 1.82) is 0 Å². The number of nitrogens with one attached hydrogen (secondary N) is 1. The molecule has 0 aliphatic carbocycles. The molecule has 1 N–H and O–H groups in total. The van der Waals surface area contributed by atoms with Crippen LogP contribution in [0, 0.1) is 0 Å². The minimum atomic E-state index is -0.268. The van der Waals surface area contributed by atoms with Crippen LogP contribution in [0.2, 0.25) is 0 Å². The number of hydrogen-bond donors (Lipinski definition) is 1. The van der Waals surface area contributed by atoms with Gasteiger partial charge >= 0.3 is 0 Å². The monoisotopic (exact) mass is 346 g/mol. The van der Waals surface area contributed by atoms with E-state index in [4.69, 9.17) is 4.74 Å². The number of para-hydroxylation sites is 1. The smallest absolute Gasteiger partial charge is 0.259 e. The largest absolute Gasteiger partial charge is 0.496 e. The Morgan fingerprint density at radius 1 is 1.38 bits per heavy atom. The lowest BCUT2D eigenvalue weighted by Crippen LogP contribution is -2.14. The highest BCUT2D eigenvalue weighted by molar-refractivity contribution is 9.10. The molecule has 0 fully saturated rings. The quantitative estimate of drug-likeness (QED) is 0.791. The number of pyridine rings is 1. The van der Waals surface area contributed by atoms with Crippen molar-refractivity contribution in [2.45, 2.75) is 0 Å². The van der Waals surface area contributed by atoms with E-state index in [0.29, 0.717) is 22.6 Å². The lowest BCUT2D eigenvalue weighted by Gasteiger charge is -2.10. The number of aromatic nitrogens is 3. The number of carbonyl (C=O) groups excluding carboxylic acids is 1. The predicted octanol–water partition coefficient (Wildman–Crippen LogP) is 2.75. The average molecular weight is 347 g/mol. The fourth-order valence-corrected chi connectivity index (χ4v) is 2.47. The summed E-state index contributed by atoms with van der Waals surface area (Å²) >= 11 is 3.39. The van der Waals surface area contributed by atoms with Gasteiger partial charge < -0.3 is 10.1 Å². The first-order valence-corrected chi connectivity index (χ1v) is 6.91. The summed E-state index contributed by atoms with van der Waals surface area (Å²) in [5, 5.41) is 10.7. The van der Waals surface area contributed by atoms with E-state index in [-0.39, 0.29) is 5.91 Å². The highest BCUT2D eigenvalue weighted by atomic mass is 79.9. The van der Waals surface area contributed by atoms with Crippen molar-refractivity contribution in [1.82, 2.24) is 14.6 Å². The second kappa shape index (κ2) is 5.53. The van der Waals surface area contributed by atoms with E-state index in [0.717, 1.165) is 4.47 Å². The summed E-state index contributed by atoms with van der Waals surface area (Å²) in [6, 6.07) is 8.81. The molecule has 0 saturated carbocycles. The molecule has 0 atom stereocenters. The van der Waals surface area contributed by atoms with Crippen molar-refractivity contribution in [3.63, 3.8) is 0 Å². The second-order valence-corrected chi connectivity index (χ2v) is 5.20. The maximum absolute atomic E-state index is 12.4. The summed E-state index contributed by atoms with van der Waals surface area (Å²) in [6.07, 6.45) is 3.38. The Hall–Kier alpha value is -2.41. The third kappa shape index (κ3) is 2.59. The number of halogens is 1. The van der Waals surface area contributed by atoms with Crippen molar-refractivity contribution in [3.8, 4) is 5.75 Å². The summed E-state index contributed by atoms with van der Waals surface area (Å²) in [4.78, 5) is 12.4. The van der Waals surface area contributed by atoms with E-state index in [1.54, 1.807) is 35.0 Å². The van der Waals surface area contributed by atoms with Gasteiger partial charge in [-0.3, -0.25) is 9.20 Å². The maximum Gasteiger partial charge on any atom is 0.259 e. The van der Waals surface area contributed by atoms with Crippen LogP contribution in [0.5, 0.6) is 5.75 Å². The summed E-state index contributed by atoms with van der Waals surface area (Å²) < 4.78 is 7.73. The number of hydrogen-bond acceptors (Lipinski definition) is 4. The Kier molecular flexibility index (Phi) is 3.57. The van der Waals surface area contributed by atoms with Gasteiger partial charge in [-0.2, -0.15) is 0 Å². The molecular formula is C14H11BrN4O2. The maximum atomic E-state index is 12.4. The molecule has 0 spiro atoms. The van der Waals surface area contributed by atoms with Crippen molar-refractivity contribution < 1.29 is 9.53 Å². The molecule has 2 heterocycles. The van der Waals surface area contributed by atoms with Crippen molar-refractivity contribution in [2.75, 3.05) is 12.4 Å². The van der Waals surface area contributed by atoms with Crippen LogP contribution in [-0.2, 0) is 0 Å². The van der Waals surface area contributed by atoms with Gasteiger partial charge in [0.1, 0.15) is 12.1 Å². The zero-order valence-corrected chi connectivity index (χ0v) is 12.7. The molecule has 21 heavy (non-hydrogen) atoms. The molecule has 106 valence electrons. The van der Waals surface area contributed by atoms with Crippen LogP contribution >= 0.6 is 15.9 Å². The van der Waals surface area contributed by atoms with E-state index in [1.807, 2.05) is 12.3 Å². The van der Waals surface area contributed by atoms with Gasteiger partial charge in [0.2, 0.25) is 0 Å². The molecule has 1 amide bonds. The summed E-state index contributed by atoms with van der Waals surface area (Å²) in [6.45, 7) is 0. The number of amides is 1. The third-order valence-corrected chi connectivity index (χ3v) is 3.39. The van der Waals surface area contributed by atoms with Crippen LogP contribution in [-0.4, -0.2) is 27.6 Å². The molecule has 0 aliphatic heterocycles. The van der Waals surface area contributed by atoms with E-state index in [9.17, 15) is 4.79 Å². The summed E-state index contributed by atoms with van der Waals surface area (Å²) in [5.41, 5.74) is 1.59. The third-order valence-electron chi connectivity index (χ3n) is 2.96. The van der Waals surface area contributed by atoms with Crippen LogP contribution in [0.15, 0.2) is 47.3 Å². The van der Waals surface area contributed by atoms with Gasteiger partial charge in [0.05, 0.1) is 18.4 Å². The molecule has 6 nitrogen and oxygen atoms in total. The molecule has 2 aromatic heterocycles. The number of anilines is 1. The molecular weight excluding hydrogens is 336 g/mol. The SMILES string of the molecule is COc1ccccc1C(=O)Nc1cc(Br)cn2cnnc12. The van der Waals surface area contributed by atoms with Gasteiger partial charge in [-0.25, -0.2) is 0 Å². The number of ether oxygens (including phenoxy) is 1. The number of benzene rings is 1. The Morgan fingerprint density at radius 3 is 3.00 bits per heavy atom. The van der Waals surface area contributed by atoms with Gasteiger partial charge in [-0.05, 0) is 34.1 Å². The van der Waals surface area contributed by atoms with Gasteiger partial charge in [-0.15, -0.1) is 10.2 Å². The second-order valence-electron chi connectivity index (χ2n) is 4.29. The number of carbonyl (C=O) groups is 1. The molecule has 0 radical (unpaired) electrons. The van der Waals surface area contributed by atoms with E-state index >= 15 is 0 Å². The Balaban J connectivity index is 1.98. The molecule has 3 aromatic rings. The first kappa shape index (κ1) is 13.6. The minimum absolute atomic E-state index is 0.268. The highest BCUT2D eigenvalue weighted by Gasteiger charge is 2.14. The number of fused-ring (bicyclic) bond motifs is 1. The fourth-order valence-electron chi connectivity index (χ4n) is 2.02. The van der Waals surface area contributed by atoms with Crippen LogP contribution < -0.4 is 10.1 Å². The normalized spacial score (nSPS) is 10.6. The lowest BCUT2D eigenvalue weighted by atomic mass is 10.2. The van der Waals surface area contributed by atoms with E-state index < -0.39 is 0 Å². The van der Waals surface area contributed by atoms with Crippen LogP contribution in [0.25, 0.3) is 5.65 Å². The molecule has 1 aromatic carbocycles. The van der Waals surface area contributed by atoms with Crippen LogP contribution in [0.4, 0.5) is 5.69 Å². The highest BCUT2D eigenvalue weighted by Crippen LogP contribution is 2.23. The fraction of sp³-hybridized carbons (Fsp3) is 0.0714. The molecule has 3 rings (SSSR count). The molecule has 0 saturated heterocycles. The van der Waals surface area contributed by atoms with Crippen molar-refractivity contribution in [2.24, 2.45) is 0 Å². The lowest BCUT2D eigenvalue weighted by molar-refractivity contribution is 0.102. The van der Waals surface area contributed by atoms with Crippen molar-refractivity contribution >= 4 is 33.2 Å². The van der Waals surface area contributed by atoms with Crippen LogP contribution in [0.1, 0.15) is 10.4 Å². The number of methoxy groups -OCH3 is 1. The summed E-state index contributed by atoms with van der Waals surface area (Å²) in [7, 11) is 1.53. The molecule has 7 heteroatoms. The standard InChI is InChI=1S/C14H11BrN4O2/c1-21-12-5-3-2-4-10(12)14(20)17-11-6-9(15)7-19-8-16-18-13(11)19/h2-8H,1H3,(H,17,20). The minimum Gasteiger partial charge on any atom is -0.496 e. The molecule has 0 bridgehead atoms. The van der Waals surface area contributed by atoms with E-state index in [2.05, 4.69) is 31.4 Å². The van der Waals surface area contributed by atoms with Crippen LogP contribution in [0.3, 0.4) is 0 Å².